The van der Waals surface area contributed by atoms with Crippen LogP contribution in [0, 0.1) is 5.92 Å². The maximum atomic E-state index is 5.56. The van der Waals surface area contributed by atoms with Crippen molar-refractivity contribution < 1.29 is 4.74 Å². The summed E-state index contributed by atoms with van der Waals surface area (Å²) in [5.41, 5.74) is 1.43. The van der Waals surface area contributed by atoms with Gasteiger partial charge in [-0.25, -0.2) is 0 Å². The van der Waals surface area contributed by atoms with Crippen molar-refractivity contribution in [3.05, 3.63) is 22.7 Å². The van der Waals surface area contributed by atoms with Gasteiger partial charge in [0, 0.05) is 29.1 Å². The Balaban J connectivity index is 1.92. The zero-order chi connectivity index (χ0) is 14.3. The molecule has 1 heterocycles. The van der Waals surface area contributed by atoms with Gasteiger partial charge < -0.3 is 15.0 Å². The van der Waals surface area contributed by atoms with Gasteiger partial charge in [-0.3, -0.25) is 0 Å². The van der Waals surface area contributed by atoms with Crippen LogP contribution in [0.3, 0.4) is 0 Å². The van der Waals surface area contributed by atoms with E-state index in [0.29, 0.717) is 6.04 Å². The van der Waals surface area contributed by atoms with E-state index in [1.165, 1.54) is 18.5 Å². The molecule has 0 aromatic heterocycles. The molecule has 2 atom stereocenters. The summed E-state index contributed by atoms with van der Waals surface area (Å²) in [5.74, 6) is 1.79. The maximum Gasteiger partial charge on any atom is 0.142 e. The van der Waals surface area contributed by atoms with Gasteiger partial charge in [0.05, 0.1) is 12.8 Å². The van der Waals surface area contributed by atoms with Gasteiger partial charge >= 0.3 is 0 Å². The van der Waals surface area contributed by atoms with Crippen LogP contribution in [-0.4, -0.2) is 31.8 Å². The molecule has 0 bridgehead atoms. The molecule has 0 radical (unpaired) electrons. The molecule has 3 nitrogen and oxygen atoms in total. The molecule has 2 aliphatic rings. The Morgan fingerprint density at radius 3 is 2.80 bits per heavy atom. The molecule has 1 saturated heterocycles. The van der Waals surface area contributed by atoms with Crippen molar-refractivity contribution in [1.82, 2.24) is 5.32 Å². The standard InChI is InChI=1S/C16H23BrN2O/c1-11-9-18-16(2,12-4-5-12)10-19(11)14-8-13(17)6-7-15(14)20-3/h6-8,11-12,18H,4-5,9-10H2,1-3H3. The summed E-state index contributed by atoms with van der Waals surface area (Å²) in [7, 11) is 1.75. The third kappa shape index (κ3) is 2.56. The van der Waals surface area contributed by atoms with E-state index in [1.54, 1.807) is 7.11 Å². The molecule has 1 aromatic carbocycles. The normalized spacial score (nSPS) is 30.4. The smallest absolute Gasteiger partial charge is 0.142 e. The maximum absolute atomic E-state index is 5.56. The predicted octanol–water partition coefficient (Wildman–Crippen LogP) is 3.42. The van der Waals surface area contributed by atoms with Gasteiger partial charge in [0.2, 0.25) is 0 Å². The number of rotatable bonds is 3. The fraction of sp³-hybridized carbons (Fsp3) is 0.625. The van der Waals surface area contributed by atoms with Gasteiger partial charge in [0.25, 0.3) is 0 Å². The fourth-order valence-corrected chi connectivity index (χ4v) is 3.61. The summed E-state index contributed by atoms with van der Waals surface area (Å²) in [6.07, 6.45) is 2.72. The number of hydrogen-bond donors (Lipinski definition) is 1. The molecular formula is C16H23BrN2O. The van der Waals surface area contributed by atoms with Gasteiger partial charge in [-0.1, -0.05) is 15.9 Å². The molecule has 2 unspecified atom stereocenters. The molecule has 2 fully saturated rings. The Morgan fingerprint density at radius 2 is 2.15 bits per heavy atom. The molecule has 1 aliphatic heterocycles. The zero-order valence-electron chi connectivity index (χ0n) is 12.4. The summed E-state index contributed by atoms with van der Waals surface area (Å²) < 4.78 is 6.67. The molecule has 1 saturated carbocycles. The Labute approximate surface area is 129 Å². The van der Waals surface area contributed by atoms with Gasteiger partial charge in [0.1, 0.15) is 5.75 Å². The molecule has 1 aromatic rings. The number of nitrogens with zero attached hydrogens (tertiary/aromatic N) is 1. The lowest BCUT2D eigenvalue weighted by Gasteiger charge is -2.47. The third-order valence-electron chi connectivity index (χ3n) is 4.76. The summed E-state index contributed by atoms with van der Waals surface area (Å²) >= 11 is 3.58. The Morgan fingerprint density at radius 1 is 1.40 bits per heavy atom. The molecule has 0 spiro atoms. The number of methoxy groups -OCH3 is 1. The first-order valence-corrected chi connectivity index (χ1v) is 8.18. The highest BCUT2D eigenvalue weighted by Crippen LogP contribution is 2.43. The summed E-state index contributed by atoms with van der Waals surface area (Å²) in [6.45, 7) is 6.72. The van der Waals surface area contributed by atoms with Crippen LogP contribution in [0.1, 0.15) is 26.7 Å². The second kappa shape index (κ2) is 5.23. The van der Waals surface area contributed by atoms with E-state index in [-0.39, 0.29) is 5.54 Å². The van der Waals surface area contributed by atoms with E-state index in [1.807, 2.05) is 12.1 Å². The first kappa shape index (κ1) is 14.2. The molecule has 1 N–H and O–H groups in total. The van der Waals surface area contributed by atoms with E-state index in [0.717, 1.165) is 29.2 Å². The van der Waals surface area contributed by atoms with Gasteiger partial charge in [0.15, 0.2) is 0 Å². The minimum absolute atomic E-state index is 0.236. The Hall–Kier alpha value is -0.740. The van der Waals surface area contributed by atoms with Crippen LogP contribution in [0.25, 0.3) is 0 Å². The van der Waals surface area contributed by atoms with Crippen LogP contribution in [0.4, 0.5) is 5.69 Å². The third-order valence-corrected chi connectivity index (χ3v) is 5.25. The average molecular weight is 339 g/mol. The molecule has 1 aliphatic carbocycles. The van der Waals surface area contributed by atoms with Crippen molar-refractivity contribution in [1.29, 1.82) is 0 Å². The van der Waals surface area contributed by atoms with Gasteiger partial charge in [-0.05, 0) is 50.8 Å². The van der Waals surface area contributed by atoms with Crippen molar-refractivity contribution in [3.63, 3.8) is 0 Å². The molecular weight excluding hydrogens is 316 g/mol. The van der Waals surface area contributed by atoms with E-state index in [2.05, 4.69) is 46.1 Å². The number of nitrogens with one attached hydrogen (secondary N) is 1. The van der Waals surface area contributed by atoms with Crippen molar-refractivity contribution in [3.8, 4) is 5.75 Å². The summed E-state index contributed by atoms with van der Waals surface area (Å²) in [4.78, 5) is 2.50. The number of hydrogen-bond acceptors (Lipinski definition) is 3. The lowest BCUT2D eigenvalue weighted by Crippen LogP contribution is -2.63. The zero-order valence-corrected chi connectivity index (χ0v) is 14.0. The average Bonchev–Trinajstić information content (AvgIpc) is 3.26. The molecule has 0 amide bonds. The monoisotopic (exact) mass is 338 g/mol. The topological polar surface area (TPSA) is 24.5 Å². The van der Waals surface area contributed by atoms with Crippen molar-refractivity contribution in [2.75, 3.05) is 25.1 Å². The Kier molecular flexibility index (Phi) is 3.71. The van der Waals surface area contributed by atoms with E-state index in [4.69, 9.17) is 4.74 Å². The number of ether oxygens (including phenoxy) is 1. The Bertz CT molecular complexity index is 503. The van der Waals surface area contributed by atoms with Crippen LogP contribution >= 0.6 is 15.9 Å². The van der Waals surface area contributed by atoms with Crippen LogP contribution in [0.15, 0.2) is 22.7 Å². The summed E-state index contributed by atoms with van der Waals surface area (Å²) in [6, 6.07) is 6.73. The minimum atomic E-state index is 0.236. The first-order valence-electron chi connectivity index (χ1n) is 7.39. The van der Waals surface area contributed by atoms with E-state index >= 15 is 0 Å². The number of halogens is 1. The minimum Gasteiger partial charge on any atom is -0.495 e. The predicted molar refractivity (Wildman–Crippen MR) is 86.6 cm³/mol. The van der Waals surface area contributed by atoms with Crippen LogP contribution in [0.5, 0.6) is 5.75 Å². The molecule has 20 heavy (non-hydrogen) atoms. The lowest BCUT2D eigenvalue weighted by molar-refractivity contribution is 0.259. The van der Waals surface area contributed by atoms with Crippen LogP contribution in [0.2, 0.25) is 0 Å². The highest BCUT2D eigenvalue weighted by Gasteiger charge is 2.45. The summed E-state index contributed by atoms with van der Waals surface area (Å²) in [5, 5.41) is 3.76. The van der Waals surface area contributed by atoms with Crippen molar-refractivity contribution in [2.24, 2.45) is 5.92 Å². The number of piperazine rings is 1. The fourth-order valence-electron chi connectivity index (χ4n) is 3.26. The lowest BCUT2D eigenvalue weighted by atomic mass is 9.90. The molecule has 4 heteroatoms. The SMILES string of the molecule is COc1ccc(Br)cc1N1CC(C)(C2CC2)NCC1C. The number of anilines is 1. The first-order chi connectivity index (χ1) is 9.53. The largest absolute Gasteiger partial charge is 0.495 e. The van der Waals surface area contributed by atoms with E-state index in [9.17, 15) is 0 Å². The van der Waals surface area contributed by atoms with Gasteiger partial charge in [-0.2, -0.15) is 0 Å². The highest BCUT2D eigenvalue weighted by molar-refractivity contribution is 9.10. The second-order valence-corrected chi connectivity index (χ2v) is 7.28. The van der Waals surface area contributed by atoms with E-state index < -0.39 is 0 Å². The van der Waals surface area contributed by atoms with Gasteiger partial charge in [-0.15, -0.1) is 0 Å². The second-order valence-electron chi connectivity index (χ2n) is 6.37. The number of benzene rings is 1. The van der Waals surface area contributed by atoms with Crippen molar-refractivity contribution >= 4 is 21.6 Å². The van der Waals surface area contributed by atoms with Crippen molar-refractivity contribution in [2.45, 2.75) is 38.3 Å². The molecule has 110 valence electrons. The van der Waals surface area contributed by atoms with Crippen LogP contribution in [-0.2, 0) is 0 Å². The molecule has 3 rings (SSSR count). The highest BCUT2D eigenvalue weighted by atomic mass is 79.9. The quantitative estimate of drug-likeness (QED) is 0.913. The van der Waals surface area contributed by atoms with Crippen LogP contribution < -0.4 is 15.0 Å².